The highest BCUT2D eigenvalue weighted by Crippen LogP contribution is 2.14. The molecule has 1 heterocycles. The van der Waals surface area contributed by atoms with E-state index < -0.39 is 15.9 Å². The van der Waals surface area contributed by atoms with Gasteiger partial charge in [-0.25, -0.2) is 8.42 Å². The van der Waals surface area contributed by atoms with Gasteiger partial charge in [0, 0.05) is 29.6 Å². The Morgan fingerprint density at radius 2 is 1.96 bits per heavy atom. The summed E-state index contributed by atoms with van der Waals surface area (Å²) in [7, 11) is -3.53. The van der Waals surface area contributed by atoms with Crippen LogP contribution < -0.4 is 5.32 Å². The fourth-order valence-corrected chi connectivity index (χ4v) is 2.74. The van der Waals surface area contributed by atoms with Crippen molar-refractivity contribution in [3.05, 3.63) is 59.4 Å². The van der Waals surface area contributed by atoms with E-state index in [2.05, 4.69) is 10.3 Å². The summed E-state index contributed by atoms with van der Waals surface area (Å²) in [5, 5.41) is 3.19. The zero-order chi connectivity index (χ0) is 16.9. The molecule has 1 aromatic carbocycles. The molecule has 0 aliphatic rings. The van der Waals surface area contributed by atoms with Crippen LogP contribution in [-0.2, 0) is 21.4 Å². The van der Waals surface area contributed by atoms with Gasteiger partial charge in [-0.15, -0.1) is 0 Å². The van der Waals surface area contributed by atoms with Crippen LogP contribution in [0.15, 0.2) is 48.8 Å². The van der Waals surface area contributed by atoms with Gasteiger partial charge in [0.15, 0.2) is 0 Å². The molecule has 0 bridgehead atoms. The second-order valence-corrected chi connectivity index (χ2v) is 7.37. The molecule has 0 atom stereocenters. The monoisotopic (exact) mass is 353 g/mol. The molecule has 1 aromatic heterocycles. The fourth-order valence-electron chi connectivity index (χ4n) is 1.88. The lowest BCUT2D eigenvalue weighted by Crippen LogP contribution is -2.36. The second kappa shape index (κ2) is 7.54. The lowest BCUT2D eigenvalue weighted by molar-refractivity contribution is -0.116. The minimum absolute atomic E-state index is 0.0840. The lowest BCUT2D eigenvalue weighted by Gasteiger charge is -2.19. The van der Waals surface area contributed by atoms with Gasteiger partial charge < -0.3 is 5.32 Å². The molecule has 0 saturated heterocycles. The Hall–Kier alpha value is -1.96. The van der Waals surface area contributed by atoms with Crippen LogP contribution in [-0.4, -0.2) is 36.4 Å². The third kappa shape index (κ3) is 5.63. The van der Waals surface area contributed by atoms with Crippen molar-refractivity contribution in [1.82, 2.24) is 9.29 Å². The molecule has 122 valence electrons. The SMILES string of the molecule is CS(=O)(=O)N(CC(=O)Nc1ccc(Cl)cc1)Cc1cccnc1. The number of benzene rings is 1. The Balaban J connectivity index is 2.05. The van der Waals surface area contributed by atoms with Gasteiger partial charge in [-0.05, 0) is 35.9 Å². The molecule has 0 unspecified atom stereocenters. The van der Waals surface area contributed by atoms with E-state index in [1.807, 2.05) is 0 Å². The maximum atomic E-state index is 12.1. The van der Waals surface area contributed by atoms with Gasteiger partial charge in [0.2, 0.25) is 15.9 Å². The molecule has 0 spiro atoms. The Kier molecular flexibility index (Phi) is 5.70. The van der Waals surface area contributed by atoms with Gasteiger partial charge in [-0.3, -0.25) is 9.78 Å². The van der Waals surface area contributed by atoms with Crippen LogP contribution in [0.5, 0.6) is 0 Å². The summed E-state index contributed by atoms with van der Waals surface area (Å²) >= 11 is 5.78. The van der Waals surface area contributed by atoms with Crippen molar-refractivity contribution in [2.75, 3.05) is 18.1 Å². The van der Waals surface area contributed by atoms with Crippen LogP contribution in [0.3, 0.4) is 0 Å². The molecule has 0 saturated carbocycles. The Bertz CT molecular complexity index is 764. The first-order valence-electron chi connectivity index (χ1n) is 6.74. The first-order valence-corrected chi connectivity index (χ1v) is 8.96. The van der Waals surface area contributed by atoms with E-state index in [-0.39, 0.29) is 13.1 Å². The topological polar surface area (TPSA) is 79.4 Å². The van der Waals surface area contributed by atoms with Crippen molar-refractivity contribution in [3.63, 3.8) is 0 Å². The largest absolute Gasteiger partial charge is 0.325 e. The van der Waals surface area contributed by atoms with Crippen molar-refractivity contribution in [2.24, 2.45) is 0 Å². The number of carbonyl (C=O) groups excluding carboxylic acids is 1. The highest BCUT2D eigenvalue weighted by molar-refractivity contribution is 7.88. The van der Waals surface area contributed by atoms with Crippen LogP contribution in [0.2, 0.25) is 5.02 Å². The van der Waals surface area contributed by atoms with Crippen molar-refractivity contribution >= 4 is 33.2 Å². The predicted molar refractivity (Wildman–Crippen MR) is 89.6 cm³/mol. The number of amides is 1. The lowest BCUT2D eigenvalue weighted by atomic mass is 10.3. The van der Waals surface area contributed by atoms with Gasteiger partial charge in [0.1, 0.15) is 0 Å². The third-order valence-electron chi connectivity index (χ3n) is 3.00. The Labute approximate surface area is 140 Å². The number of anilines is 1. The van der Waals surface area contributed by atoms with Crippen molar-refractivity contribution in [2.45, 2.75) is 6.54 Å². The number of nitrogens with zero attached hydrogens (tertiary/aromatic N) is 2. The smallest absolute Gasteiger partial charge is 0.239 e. The Morgan fingerprint density at radius 1 is 1.26 bits per heavy atom. The summed E-state index contributed by atoms with van der Waals surface area (Å²) in [6.45, 7) is -0.197. The first kappa shape index (κ1) is 17.4. The highest BCUT2D eigenvalue weighted by Gasteiger charge is 2.20. The van der Waals surface area contributed by atoms with Crippen LogP contribution in [0.25, 0.3) is 0 Å². The molecule has 6 nitrogen and oxygen atoms in total. The van der Waals surface area contributed by atoms with Crippen LogP contribution >= 0.6 is 11.6 Å². The molecule has 2 rings (SSSR count). The summed E-state index contributed by atoms with van der Waals surface area (Å²) in [6, 6.07) is 10.0. The molecule has 0 radical (unpaired) electrons. The minimum atomic E-state index is -3.53. The van der Waals surface area contributed by atoms with E-state index in [0.29, 0.717) is 16.3 Å². The standard InChI is InChI=1S/C15H16ClN3O3S/c1-23(21,22)19(10-12-3-2-8-17-9-12)11-15(20)18-14-6-4-13(16)5-7-14/h2-9H,10-11H2,1H3,(H,18,20). The van der Waals surface area contributed by atoms with E-state index in [1.54, 1.807) is 48.8 Å². The number of aromatic nitrogens is 1. The molecular weight excluding hydrogens is 338 g/mol. The number of hydrogen-bond donors (Lipinski definition) is 1. The minimum Gasteiger partial charge on any atom is -0.325 e. The number of hydrogen-bond acceptors (Lipinski definition) is 4. The van der Waals surface area contributed by atoms with E-state index >= 15 is 0 Å². The van der Waals surface area contributed by atoms with Crippen LogP contribution in [0, 0.1) is 0 Å². The van der Waals surface area contributed by atoms with E-state index in [1.165, 1.54) is 0 Å². The van der Waals surface area contributed by atoms with Crippen molar-refractivity contribution in [3.8, 4) is 0 Å². The van der Waals surface area contributed by atoms with E-state index in [9.17, 15) is 13.2 Å². The normalized spacial score (nSPS) is 11.4. The maximum Gasteiger partial charge on any atom is 0.239 e. The van der Waals surface area contributed by atoms with Gasteiger partial charge in [-0.1, -0.05) is 17.7 Å². The molecule has 23 heavy (non-hydrogen) atoms. The molecule has 0 fully saturated rings. The molecule has 1 amide bonds. The summed E-state index contributed by atoms with van der Waals surface area (Å²) in [6.07, 6.45) is 4.23. The molecule has 0 aliphatic heterocycles. The highest BCUT2D eigenvalue weighted by atomic mass is 35.5. The van der Waals surface area contributed by atoms with Gasteiger partial charge in [-0.2, -0.15) is 4.31 Å². The number of sulfonamides is 1. The van der Waals surface area contributed by atoms with Crippen molar-refractivity contribution in [1.29, 1.82) is 0 Å². The van der Waals surface area contributed by atoms with Crippen LogP contribution in [0.1, 0.15) is 5.56 Å². The molecule has 8 heteroatoms. The quantitative estimate of drug-likeness (QED) is 0.862. The molecule has 1 N–H and O–H groups in total. The zero-order valence-electron chi connectivity index (χ0n) is 12.4. The number of rotatable bonds is 6. The first-order chi connectivity index (χ1) is 10.8. The van der Waals surface area contributed by atoms with E-state index in [4.69, 9.17) is 11.6 Å². The van der Waals surface area contributed by atoms with Crippen LogP contribution in [0.4, 0.5) is 5.69 Å². The number of pyridine rings is 1. The second-order valence-electron chi connectivity index (χ2n) is 4.95. The summed E-state index contributed by atoms with van der Waals surface area (Å²) in [5.74, 6) is -0.429. The number of nitrogens with one attached hydrogen (secondary N) is 1. The van der Waals surface area contributed by atoms with Gasteiger partial charge in [0.25, 0.3) is 0 Å². The summed E-state index contributed by atoms with van der Waals surface area (Å²) in [4.78, 5) is 16.0. The van der Waals surface area contributed by atoms with Gasteiger partial charge in [0.05, 0.1) is 12.8 Å². The van der Waals surface area contributed by atoms with Gasteiger partial charge >= 0.3 is 0 Å². The zero-order valence-corrected chi connectivity index (χ0v) is 14.0. The third-order valence-corrected chi connectivity index (χ3v) is 4.45. The number of carbonyl (C=O) groups is 1. The molecular formula is C15H16ClN3O3S. The number of halogens is 1. The maximum absolute atomic E-state index is 12.1. The van der Waals surface area contributed by atoms with Crippen molar-refractivity contribution < 1.29 is 13.2 Å². The van der Waals surface area contributed by atoms with E-state index in [0.717, 1.165) is 10.6 Å². The summed E-state index contributed by atoms with van der Waals surface area (Å²) < 4.78 is 24.8. The Morgan fingerprint density at radius 3 is 2.52 bits per heavy atom. The average Bonchev–Trinajstić information content (AvgIpc) is 2.49. The predicted octanol–water partition coefficient (Wildman–Crippen LogP) is 2.14. The summed E-state index contributed by atoms with van der Waals surface area (Å²) in [5.41, 5.74) is 1.26. The molecule has 2 aromatic rings. The molecule has 0 aliphatic carbocycles. The average molecular weight is 354 g/mol. The fraction of sp³-hybridized carbons (Fsp3) is 0.200.